The summed E-state index contributed by atoms with van der Waals surface area (Å²) in [5, 5.41) is 39.0. The summed E-state index contributed by atoms with van der Waals surface area (Å²) in [5.74, 6) is 3.12. The summed E-state index contributed by atoms with van der Waals surface area (Å²) >= 11 is 0. The fraction of sp³-hybridized carbons (Fsp3) is 0.308. The van der Waals surface area contributed by atoms with Crippen molar-refractivity contribution in [2.45, 2.75) is 77.0 Å². The maximum Gasteiger partial charge on any atom is 0.447 e. The largest absolute Gasteiger partial charge is 0.447 e. The average Bonchev–Trinajstić information content (AvgIpc) is 3.37. The van der Waals surface area contributed by atoms with E-state index in [1.54, 1.807) is 9.21 Å². The number of hydrogen-bond donors (Lipinski definition) is 4. The average molecular weight is 982 g/mol. The number of aliphatic hydroxyl groups excluding tert-OH is 4. The lowest BCUT2D eigenvalue weighted by Crippen LogP contribution is -2.37. The van der Waals surface area contributed by atoms with Crippen LogP contribution in [0.5, 0.6) is 34.5 Å². The second-order valence-corrected chi connectivity index (χ2v) is 21.4. The van der Waals surface area contributed by atoms with Gasteiger partial charge in [0.15, 0.2) is 5.75 Å². The van der Waals surface area contributed by atoms with E-state index in [1.165, 1.54) is 0 Å². The molecule has 6 aromatic rings. The van der Waals surface area contributed by atoms with E-state index in [0.717, 1.165) is 35.1 Å². The summed E-state index contributed by atoms with van der Waals surface area (Å²) in [6, 6.07) is 49.9. The Hall–Kier alpha value is -5.03. The van der Waals surface area contributed by atoms with Crippen molar-refractivity contribution in [3.05, 3.63) is 180 Å². The van der Waals surface area contributed by atoms with Crippen LogP contribution in [0, 0.1) is 0 Å². The molecular formula is C52H62N3O10P3. The zero-order valence-corrected chi connectivity index (χ0v) is 40.9. The number of aliphatic hydroxyl groups is 4. The summed E-state index contributed by atoms with van der Waals surface area (Å²) in [6.07, 6.45) is 7.87. The first-order valence-corrected chi connectivity index (χ1v) is 27.2. The third kappa shape index (κ3) is 14.3. The number of rotatable bonds is 28. The Labute approximate surface area is 402 Å². The van der Waals surface area contributed by atoms with Crippen LogP contribution in [0.3, 0.4) is 0 Å². The second kappa shape index (κ2) is 27.2. The summed E-state index contributed by atoms with van der Waals surface area (Å²) in [6.45, 7) is 0.283. The molecule has 1 aliphatic heterocycles. The molecule has 16 heteroatoms. The third-order valence-electron chi connectivity index (χ3n) is 10.8. The van der Waals surface area contributed by atoms with E-state index in [4.69, 9.17) is 32.3 Å². The molecular weight excluding hydrogens is 920 g/mol. The minimum atomic E-state index is -4.08. The van der Waals surface area contributed by atoms with E-state index >= 15 is 0 Å². The van der Waals surface area contributed by atoms with Gasteiger partial charge in [-0.2, -0.15) is 0 Å². The molecule has 2 unspecified atom stereocenters. The fourth-order valence-electron chi connectivity index (χ4n) is 7.29. The molecule has 1 aliphatic rings. The highest BCUT2D eigenvalue weighted by atomic mass is 31.3. The van der Waals surface area contributed by atoms with Gasteiger partial charge in [0, 0.05) is 35.6 Å². The van der Waals surface area contributed by atoms with Crippen LogP contribution in [0.1, 0.15) is 73.6 Å². The van der Waals surface area contributed by atoms with Crippen molar-refractivity contribution in [3.8, 4) is 34.5 Å². The van der Waals surface area contributed by atoms with Crippen molar-refractivity contribution in [3.63, 3.8) is 0 Å². The predicted octanol–water partition coefficient (Wildman–Crippen LogP) is 12.6. The van der Waals surface area contributed by atoms with Gasteiger partial charge in [0.25, 0.3) is 0 Å². The topological polar surface area (TPSA) is 155 Å². The lowest BCUT2D eigenvalue weighted by Gasteiger charge is -2.44. The van der Waals surface area contributed by atoms with E-state index in [-0.39, 0.29) is 26.4 Å². The second-order valence-electron chi connectivity index (χ2n) is 15.9. The van der Waals surface area contributed by atoms with Crippen LogP contribution in [0.25, 0.3) is 0 Å². The van der Waals surface area contributed by atoms with Gasteiger partial charge in [-0.05, 0) is 148 Å². The van der Waals surface area contributed by atoms with Crippen LogP contribution in [-0.4, -0.2) is 56.1 Å². The van der Waals surface area contributed by atoms with Crippen LogP contribution in [-0.2, 0) is 25.7 Å². The molecule has 1 heterocycles. The highest BCUT2D eigenvalue weighted by molar-refractivity contribution is 7.78. The molecule has 6 aromatic carbocycles. The number of nitrogens with zero attached hydrogens (tertiary/aromatic N) is 3. The lowest BCUT2D eigenvalue weighted by molar-refractivity contribution is 0.0539. The van der Waals surface area contributed by atoms with Crippen LogP contribution >= 0.6 is 24.6 Å². The number of para-hydroxylation sites is 6. The van der Waals surface area contributed by atoms with Crippen LogP contribution in [0.15, 0.2) is 162 Å². The van der Waals surface area contributed by atoms with Gasteiger partial charge in [-0.25, -0.2) is 0 Å². The first-order valence-electron chi connectivity index (χ1n) is 23.3. The first kappa shape index (κ1) is 50.8. The third-order valence-corrected chi connectivity index (χ3v) is 17.6. The standard InChI is InChI=1S/C52H62N3O10P3/c56-39-19-15-27-43-23-7-11-35-49(43)61-54-66(63-50-36-12-8-24-44(50)28-16-20-40-57)53-68(64-51-37-13-9-25-45(51)29-17-21-41-58,65-52-38-14-10-26-46(52)30-18-22-42-59)55(60-47-31-3-1-4-32-47)67(54)62-48-33-5-2-6-34-48/h1-14,23-26,31-38,56-59H,15-22,27-30,39-42H2. The summed E-state index contributed by atoms with van der Waals surface area (Å²) in [4.78, 5) is 14.3. The van der Waals surface area contributed by atoms with Gasteiger partial charge in [0.1, 0.15) is 28.7 Å². The van der Waals surface area contributed by atoms with Gasteiger partial charge < -0.3 is 48.2 Å². The Morgan fingerprint density at radius 3 is 1.25 bits per heavy atom. The zero-order valence-electron chi connectivity index (χ0n) is 38.2. The normalized spacial score (nSPS) is 15.8. The molecule has 0 spiro atoms. The molecule has 68 heavy (non-hydrogen) atoms. The van der Waals surface area contributed by atoms with E-state index < -0.39 is 24.6 Å². The first-order chi connectivity index (χ1) is 33.5. The van der Waals surface area contributed by atoms with Crippen molar-refractivity contribution >= 4 is 24.6 Å². The van der Waals surface area contributed by atoms with Crippen LogP contribution in [0.2, 0.25) is 0 Å². The maximum absolute atomic E-state index is 9.78. The molecule has 360 valence electrons. The molecule has 7 rings (SSSR count). The molecule has 0 bridgehead atoms. The molecule has 0 aromatic heterocycles. The van der Waals surface area contributed by atoms with Crippen molar-refractivity contribution in [1.82, 2.24) is 9.21 Å². The van der Waals surface area contributed by atoms with Gasteiger partial charge >= 0.3 is 24.6 Å². The minimum Gasteiger partial charge on any atom is -0.440 e. The number of hydrogen-bond acceptors (Lipinski definition) is 13. The Balaban J connectivity index is 1.51. The molecule has 0 fully saturated rings. The Morgan fingerprint density at radius 2 is 0.779 bits per heavy atom. The van der Waals surface area contributed by atoms with Crippen molar-refractivity contribution in [2.24, 2.45) is 4.52 Å². The molecule has 0 saturated carbocycles. The van der Waals surface area contributed by atoms with E-state index in [9.17, 15) is 20.4 Å². The van der Waals surface area contributed by atoms with Gasteiger partial charge in [-0.1, -0.05) is 109 Å². The molecule has 0 amide bonds. The SMILES string of the molecule is OCCCCc1ccccc1ON1P(Oc2ccccc2CCCCO)N=P(Oc2ccccc2CCCCO)(Oc2ccccc2CCCCO)N(Oc2ccccc2)P1Oc1ccccc1. The van der Waals surface area contributed by atoms with Gasteiger partial charge in [-0.3, -0.25) is 0 Å². The summed E-state index contributed by atoms with van der Waals surface area (Å²) in [7, 11) is -8.73. The highest BCUT2D eigenvalue weighted by Crippen LogP contribution is 2.78. The lowest BCUT2D eigenvalue weighted by atomic mass is 10.1. The smallest absolute Gasteiger partial charge is 0.440 e. The van der Waals surface area contributed by atoms with Crippen LogP contribution in [0.4, 0.5) is 0 Å². The monoisotopic (exact) mass is 981 g/mol. The molecule has 13 nitrogen and oxygen atoms in total. The Morgan fingerprint density at radius 1 is 0.397 bits per heavy atom. The van der Waals surface area contributed by atoms with Gasteiger partial charge in [0.05, 0.1) is 0 Å². The minimum absolute atomic E-state index is 0.0643. The van der Waals surface area contributed by atoms with Crippen molar-refractivity contribution in [2.75, 3.05) is 26.4 Å². The number of aryl methyl sites for hydroxylation is 4. The predicted molar refractivity (Wildman–Crippen MR) is 269 cm³/mol. The molecule has 0 aliphatic carbocycles. The fourth-order valence-corrected chi connectivity index (χ4v) is 14.9. The molecule has 2 atom stereocenters. The van der Waals surface area contributed by atoms with Gasteiger partial charge in [0.2, 0.25) is 0 Å². The van der Waals surface area contributed by atoms with Crippen LogP contribution < -0.4 is 27.8 Å². The van der Waals surface area contributed by atoms with E-state index in [2.05, 4.69) is 0 Å². The van der Waals surface area contributed by atoms with Crippen molar-refractivity contribution < 1.29 is 48.2 Å². The molecule has 4 N–H and O–H groups in total. The quantitative estimate of drug-likeness (QED) is 0.0273. The Bertz CT molecular complexity index is 2410. The van der Waals surface area contributed by atoms with Gasteiger partial charge in [-0.15, -0.1) is 4.52 Å². The summed E-state index contributed by atoms with van der Waals surface area (Å²) in [5.41, 5.74) is 3.61. The number of benzene rings is 6. The highest BCUT2D eigenvalue weighted by Gasteiger charge is 2.58. The summed E-state index contributed by atoms with van der Waals surface area (Å²) < 4.78 is 38.3. The van der Waals surface area contributed by atoms with E-state index in [0.29, 0.717) is 98.7 Å². The number of unbranched alkanes of at least 4 members (excludes halogenated alkanes) is 4. The van der Waals surface area contributed by atoms with E-state index in [1.807, 2.05) is 158 Å². The molecule has 0 radical (unpaired) electrons. The maximum atomic E-state index is 9.78. The van der Waals surface area contributed by atoms with Crippen molar-refractivity contribution in [1.29, 1.82) is 0 Å². The molecule has 0 saturated heterocycles. The Kier molecular flexibility index (Phi) is 20.4. The zero-order chi connectivity index (χ0) is 47.2.